The Bertz CT molecular complexity index is 339. The highest BCUT2D eigenvalue weighted by atomic mass is 15.2. The first-order valence-electron chi connectivity index (χ1n) is 6.65. The Morgan fingerprint density at radius 2 is 2.12 bits per heavy atom. The molecular formula is C13H24N4. The summed E-state index contributed by atoms with van der Waals surface area (Å²) >= 11 is 0. The number of nitrogens with two attached hydrogens (primary N) is 1. The molecule has 0 aromatic carbocycles. The van der Waals surface area contributed by atoms with Crippen LogP contribution in [0.2, 0.25) is 0 Å². The average molecular weight is 236 g/mol. The van der Waals surface area contributed by atoms with E-state index in [1.165, 1.54) is 31.4 Å². The van der Waals surface area contributed by atoms with Crippen LogP contribution in [0.3, 0.4) is 0 Å². The molecule has 1 aromatic rings. The van der Waals surface area contributed by atoms with Gasteiger partial charge in [0.1, 0.15) is 0 Å². The van der Waals surface area contributed by atoms with E-state index in [0.717, 1.165) is 13.1 Å². The number of imidazole rings is 1. The number of aromatic nitrogens is 2. The molecule has 1 fully saturated rings. The molecule has 2 rings (SSSR count). The number of hydrogen-bond acceptors (Lipinski definition) is 3. The highest BCUT2D eigenvalue weighted by Crippen LogP contribution is 2.22. The van der Waals surface area contributed by atoms with Gasteiger partial charge in [-0.1, -0.05) is 0 Å². The van der Waals surface area contributed by atoms with Crippen molar-refractivity contribution in [2.24, 2.45) is 5.73 Å². The topological polar surface area (TPSA) is 47.1 Å². The average Bonchev–Trinajstić information content (AvgIpc) is 2.77. The molecule has 1 aliphatic carbocycles. The van der Waals surface area contributed by atoms with Gasteiger partial charge < -0.3 is 10.3 Å². The van der Waals surface area contributed by atoms with Gasteiger partial charge >= 0.3 is 0 Å². The van der Waals surface area contributed by atoms with Crippen LogP contribution >= 0.6 is 0 Å². The predicted octanol–water partition coefficient (Wildman–Crippen LogP) is 1.60. The molecule has 0 unspecified atom stereocenters. The first kappa shape index (κ1) is 12.6. The van der Waals surface area contributed by atoms with Gasteiger partial charge in [0, 0.05) is 31.4 Å². The van der Waals surface area contributed by atoms with Crippen molar-refractivity contribution in [1.29, 1.82) is 0 Å². The molecule has 0 saturated heterocycles. The lowest BCUT2D eigenvalue weighted by Gasteiger charge is -2.33. The highest BCUT2D eigenvalue weighted by molar-refractivity contribution is 4.98. The lowest BCUT2D eigenvalue weighted by atomic mass is 9.91. The fourth-order valence-corrected chi connectivity index (χ4v) is 2.69. The zero-order chi connectivity index (χ0) is 12.3. The summed E-state index contributed by atoms with van der Waals surface area (Å²) < 4.78 is 2.21. The van der Waals surface area contributed by atoms with Gasteiger partial charge in [-0.15, -0.1) is 0 Å². The monoisotopic (exact) mass is 236 g/mol. The van der Waals surface area contributed by atoms with E-state index in [9.17, 15) is 0 Å². The lowest BCUT2D eigenvalue weighted by molar-refractivity contribution is 0.173. The van der Waals surface area contributed by atoms with Crippen molar-refractivity contribution < 1.29 is 0 Å². The molecule has 0 atom stereocenters. The number of hydrogen-bond donors (Lipinski definition) is 1. The standard InChI is InChI=1S/C13H24N4/c1-3-17-10-15-8-13(17)9-16(2)12-6-4-11(14)5-7-12/h8,10-12H,3-7,9,14H2,1-2H3. The first-order valence-corrected chi connectivity index (χ1v) is 6.65. The van der Waals surface area contributed by atoms with Crippen molar-refractivity contribution in [3.63, 3.8) is 0 Å². The van der Waals surface area contributed by atoms with Crippen LogP contribution in [-0.4, -0.2) is 33.6 Å². The SMILES string of the molecule is CCn1cncc1CN(C)C1CCC(N)CC1. The van der Waals surface area contributed by atoms with Crippen LogP contribution < -0.4 is 5.73 Å². The van der Waals surface area contributed by atoms with Gasteiger partial charge in [-0.25, -0.2) is 4.98 Å². The van der Waals surface area contributed by atoms with E-state index in [1.807, 2.05) is 12.5 Å². The fourth-order valence-electron chi connectivity index (χ4n) is 2.69. The maximum Gasteiger partial charge on any atom is 0.0948 e. The van der Waals surface area contributed by atoms with Crippen LogP contribution in [0.1, 0.15) is 38.3 Å². The highest BCUT2D eigenvalue weighted by Gasteiger charge is 2.22. The molecule has 1 heterocycles. The Morgan fingerprint density at radius 3 is 2.76 bits per heavy atom. The molecule has 2 N–H and O–H groups in total. The lowest BCUT2D eigenvalue weighted by Crippen LogP contribution is -2.38. The molecule has 0 spiro atoms. The molecule has 17 heavy (non-hydrogen) atoms. The summed E-state index contributed by atoms with van der Waals surface area (Å²) in [5, 5.41) is 0. The second-order valence-corrected chi connectivity index (χ2v) is 5.15. The van der Waals surface area contributed by atoms with E-state index in [0.29, 0.717) is 12.1 Å². The maximum absolute atomic E-state index is 5.95. The van der Waals surface area contributed by atoms with Crippen LogP contribution in [0.4, 0.5) is 0 Å². The van der Waals surface area contributed by atoms with Crippen molar-refractivity contribution >= 4 is 0 Å². The molecule has 4 nitrogen and oxygen atoms in total. The number of rotatable bonds is 4. The van der Waals surface area contributed by atoms with Crippen molar-refractivity contribution in [2.45, 2.75) is 57.8 Å². The summed E-state index contributed by atoms with van der Waals surface area (Å²) in [5.41, 5.74) is 7.26. The van der Waals surface area contributed by atoms with E-state index in [1.54, 1.807) is 0 Å². The van der Waals surface area contributed by atoms with Crippen LogP contribution in [0.15, 0.2) is 12.5 Å². The molecule has 1 saturated carbocycles. The van der Waals surface area contributed by atoms with Crippen LogP contribution in [0, 0.1) is 0 Å². The van der Waals surface area contributed by atoms with E-state index in [2.05, 4.69) is 28.4 Å². The normalized spacial score (nSPS) is 25.4. The summed E-state index contributed by atoms with van der Waals surface area (Å²) in [6, 6.07) is 1.12. The Balaban J connectivity index is 1.90. The fraction of sp³-hybridized carbons (Fsp3) is 0.769. The van der Waals surface area contributed by atoms with Gasteiger partial charge in [-0.05, 0) is 39.7 Å². The van der Waals surface area contributed by atoms with Crippen molar-refractivity contribution in [3.05, 3.63) is 18.2 Å². The van der Waals surface area contributed by atoms with Crippen molar-refractivity contribution in [1.82, 2.24) is 14.5 Å². The minimum absolute atomic E-state index is 0.431. The minimum atomic E-state index is 0.431. The molecular weight excluding hydrogens is 212 g/mol. The zero-order valence-corrected chi connectivity index (χ0v) is 11.0. The van der Waals surface area contributed by atoms with Gasteiger partial charge in [0.25, 0.3) is 0 Å². The van der Waals surface area contributed by atoms with Crippen LogP contribution in [0.25, 0.3) is 0 Å². The van der Waals surface area contributed by atoms with Gasteiger partial charge in [0.15, 0.2) is 0 Å². The van der Waals surface area contributed by atoms with Gasteiger partial charge in [0.2, 0.25) is 0 Å². The van der Waals surface area contributed by atoms with Crippen molar-refractivity contribution in [3.8, 4) is 0 Å². The molecule has 0 amide bonds. The predicted molar refractivity (Wildman–Crippen MR) is 69.6 cm³/mol. The van der Waals surface area contributed by atoms with Crippen LogP contribution in [-0.2, 0) is 13.1 Å². The van der Waals surface area contributed by atoms with E-state index in [-0.39, 0.29) is 0 Å². The number of aryl methyl sites for hydroxylation is 1. The van der Waals surface area contributed by atoms with E-state index < -0.39 is 0 Å². The largest absolute Gasteiger partial charge is 0.334 e. The third-order valence-electron chi connectivity index (χ3n) is 3.92. The third-order valence-corrected chi connectivity index (χ3v) is 3.92. The summed E-state index contributed by atoms with van der Waals surface area (Å²) in [6.07, 6.45) is 8.70. The van der Waals surface area contributed by atoms with E-state index in [4.69, 9.17) is 5.73 Å². The summed E-state index contributed by atoms with van der Waals surface area (Å²) in [5.74, 6) is 0. The molecule has 1 aliphatic rings. The first-order chi connectivity index (χ1) is 8.20. The van der Waals surface area contributed by atoms with Gasteiger partial charge in [-0.2, -0.15) is 0 Å². The van der Waals surface area contributed by atoms with Crippen molar-refractivity contribution in [2.75, 3.05) is 7.05 Å². The Kier molecular flexibility index (Phi) is 4.18. The summed E-state index contributed by atoms with van der Waals surface area (Å²) in [4.78, 5) is 6.67. The summed E-state index contributed by atoms with van der Waals surface area (Å²) in [7, 11) is 2.22. The Morgan fingerprint density at radius 1 is 1.41 bits per heavy atom. The van der Waals surface area contributed by atoms with Gasteiger partial charge in [-0.3, -0.25) is 4.90 Å². The third kappa shape index (κ3) is 3.07. The molecule has 1 aromatic heterocycles. The molecule has 4 heteroatoms. The molecule has 0 bridgehead atoms. The molecule has 0 radical (unpaired) electrons. The molecule has 0 aliphatic heterocycles. The second-order valence-electron chi connectivity index (χ2n) is 5.15. The smallest absolute Gasteiger partial charge is 0.0948 e. The Labute approximate surface area is 104 Å². The zero-order valence-electron chi connectivity index (χ0n) is 11.0. The quantitative estimate of drug-likeness (QED) is 0.864. The second kappa shape index (κ2) is 5.65. The summed E-state index contributed by atoms with van der Waals surface area (Å²) in [6.45, 7) is 4.15. The minimum Gasteiger partial charge on any atom is -0.334 e. The Hall–Kier alpha value is -0.870. The maximum atomic E-state index is 5.95. The van der Waals surface area contributed by atoms with Gasteiger partial charge in [0.05, 0.1) is 12.0 Å². The van der Waals surface area contributed by atoms with Crippen LogP contribution in [0.5, 0.6) is 0 Å². The molecule has 96 valence electrons. The van der Waals surface area contributed by atoms with E-state index >= 15 is 0 Å². The number of nitrogens with zero attached hydrogens (tertiary/aromatic N) is 3.